The number of hydrogen-bond acceptors (Lipinski definition) is 5. The van der Waals surface area contributed by atoms with Crippen molar-refractivity contribution >= 4 is 22.5 Å². The lowest BCUT2D eigenvalue weighted by Crippen LogP contribution is -2.00. The zero-order valence-corrected chi connectivity index (χ0v) is 14.9. The highest BCUT2D eigenvalue weighted by Gasteiger charge is 2.18. The highest BCUT2D eigenvalue weighted by Crippen LogP contribution is 2.34. The first kappa shape index (κ1) is 16.1. The van der Waals surface area contributed by atoms with Crippen LogP contribution < -0.4 is 10.1 Å². The number of aromatic nitrogens is 4. The fourth-order valence-electron chi connectivity index (χ4n) is 3.17. The van der Waals surface area contributed by atoms with Gasteiger partial charge in [-0.3, -0.25) is 9.55 Å². The molecule has 4 rings (SSSR count). The van der Waals surface area contributed by atoms with Gasteiger partial charge >= 0.3 is 0 Å². The van der Waals surface area contributed by atoms with E-state index in [0.717, 1.165) is 45.2 Å². The first-order chi connectivity index (χ1) is 12.7. The van der Waals surface area contributed by atoms with Crippen LogP contribution in [0.2, 0.25) is 0 Å². The number of benzene rings is 1. The van der Waals surface area contributed by atoms with Crippen LogP contribution in [0, 0.1) is 13.8 Å². The smallest absolute Gasteiger partial charge is 0.150 e. The fraction of sp³-hybridized carbons (Fsp3) is 0.150. The summed E-state index contributed by atoms with van der Waals surface area (Å²) in [6.45, 7) is 4.16. The molecule has 3 aromatic heterocycles. The van der Waals surface area contributed by atoms with Crippen molar-refractivity contribution in [3.05, 3.63) is 66.4 Å². The molecule has 130 valence electrons. The Balaban J connectivity index is 1.91. The van der Waals surface area contributed by atoms with Crippen molar-refractivity contribution in [1.82, 2.24) is 19.5 Å². The molecule has 3 heterocycles. The van der Waals surface area contributed by atoms with E-state index in [1.54, 1.807) is 19.6 Å². The lowest BCUT2D eigenvalue weighted by Gasteiger charge is -2.11. The van der Waals surface area contributed by atoms with Gasteiger partial charge in [-0.2, -0.15) is 0 Å². The van der Waals surface area contributed by atoms with Crippen LogP contribution >= 0.6 is 0 Å². The SMILES string of the molecule is COc1ccccc1Nc1ncnc2c1c(C)c(C)n2-c1cccnc1. The topological polar surface area (TPSA) is 64.9 Å². The summed E-state index contributed by atoms with van der Waals surface area (Å²) >= 11 is 0. The minimum atomic E-state index is 0.753. The average molecular weight is 345 g/mol. The van der Waals surface area contributed by atoms with E-state index in [4.69, 9.17) is 4.74 Å². The molecule has 6 heteroatoms. The lowest BCUT2D eigenvalue weighted by atomic mass is 10.2. The Kier molecular flexibility index (Phi) is 4.01. The van der Waals surface area contributed by atoms with E-state index in [-0.39, 0.29) is 0 Å². The lowest BCUT2D eigenvalue weighted by molar-refractivity contribution is 0.417. The predicted molar refractivity (Wildman–Crippen MR) is 102 cm³/mol. The van der Waals surface area contributed by atoms with Crippen molar-refractivity contribution in [2.45, 2.75) is 13.8 Å². The molecule has 0 saturated heterocycles. The molecule has 0 aliphatic carbocycles. The number of fused-ring (bicyclic) bond motifs is 1. The number of anilines is 2. The second-order valence-electron chi connectivity index (χ2n) is 6.00. The number of ether oxygens (including phenoxy) is 1. The number of nitrogens with zero attached hydrogens (tertiary/aromatic N) is 4. The summed E-state index contributed by atoms with van der Waals surface area (Å²) in [7, 11) is 1.66. The number of para-hydroxylation sites is 2. The zero-order chi connectivity index (χ0) is 18.1. The summed E-state index contributed by atoms with van der Waals surface area (Å²) in [6, 6.07) is 11.7. The molecule has 0 unspecified atom stereocenters. The number of aryl methyl sites for hydroxylation is 1. The van der Waals surface area contributed by atoms with Crippen molar-refractivity contribution < 1.29 is 4.74 Å². The quantitative estimate of drug-likeness (QED) is 0.601. The molecular weight excluding hydrogens is 326 g/mol. The molecule has 1 aromatic carbocycles. The van der Waals surface area contributed by atoms with Crippen molar-refractivity contribution in [3.8, 4) is 11.4 Å². The van der Waals surface area contributed by atoms with Gasteiger partial charge in [-0.25, -0.2) is 9.97 Å². The first-order valence-corrected chi connectivity index (χ1v) is 8.33. The van der Waals surface area contributed by atoms with Crippen LogP contribution in [0.5, 0.6) is 5.75 Å². The monoisotopic (exact) mass is 345 g/mol. The fourth-order valence-corrected chi connectivity index (χ4v) is 3.17. The molecule has 0 radical (unpaired) electrons. The summed E-state index contributed by atoms with van der Waals surface area (Å²) in [5.74, 6) is 1.52. The van der Waals surface area contributed by atoms with Gasteiger partial charge in [0.25, 0.3) is 0 Å². The number of hydrogen-bond donors (Lipinski definition) is 1. The maximum atomic E-state index is 5.44. The number of methoxy groups -OCH3 is 1. The van der Waals surface area contributed by atoms with Crippen LogP contribution in [-0.4, -0.2) is 26.6 Å². The zero-order valence-electron chi connectivity index (χ0n) is 14.9. The molecule has 0 bridgehead atoms. The maximum Gasteiger partial charge on any atom is 0.150 e. The summed E-state index contributed by atoms with van der Waals surface area (Å²) in [5, 5.41) is 4.38. The molecule has 1 N–H and O–H groups in total. The van der Waals surface area contributed by atoms with Crippen LogP contribution in [0.1, 0.15) is 11.3 Å². The Hall–Kier alpha value is -3.41. The Morgan fingerprint density at radius 3 is 2.65 bits per heavy atom. The third-order valence-electron chi connectivity index (χ3n) is 4.56. The molecule has 0 spiro atoms. The van der Waals surface area contributed by atoms with Gasteiger partial charge in [0.1, 0.15) is 17.9 Å². The number of pyridine rings is 1. The Bertz CT molecular complexity index is 1070. The summed E-state index contributed by atoms with van der Waals surface area (Å²) in [5.41, 5.74) is 4.92. The molecular formula is C20H19N5O. The molecule has 26 heavy (non-hydrogen) atoms. The van der Waals surface area contributed by atoms with Crippen molar-refractivity contribution in [3.63, 3.8) is 0 Å². The average Bonchev–Trinajstić information content (AvgIpc) is 2.94. The molecule has 0 aliphatic heterocycles. The highest BCUT2D eigenvalue weighted by molar-refractivity contribution is 5.94. The van der Waals surface area contributed by atoms with Gasteiger partial charge in [0.2, 0.25) is 0 Å². The highest BCUT2D eigenvalue weighted by atomic mass is 16.5. The summed E-state index contributed by atoms with van der Waals surface area (Å²) < 4.78 is 7.54. The van der Waals surface area contributed by atoms with Crippen molar-refractivity contribution in [2.24, 2.45) is 0 Å². The van der Waals surface area contributed by atoms with Crippen LogP contribution in [-0.2, 0) is 0 Å². The molecule has 0 saturated carbocycles. The van der Waals surface area contributed by atoms with Gasteiger partial charge in [0.05, 0.1) is 30.1 Å². The van der Waals surface area contributed by atoms with Gasteiger partial charge in [0, 0.05) is 11.9 Å². The Labute approximate surface area is 151 Å². The van der Waals surface area contributed by atoms with E-state index < -0.39 is 0 Å². The summed E-state index contributed by atoms with van der Waals surface area (Å²) in [6.07, 6.45) is 5.17. The third kappa shape index (κ3) is 2.56. The number of nitrogens with one attached hydrogen (secondary N) is 1. The van der Waals surface area contributed by atoms with Gasteiger partial charge in [0.15, 0.2) is 5.65 Å². The van der Waals surface area contributed by atoms with E-state index in [1.165, 1.54) is 0 Å². The largest absolute Gasteiger partial charge is 0.495 e. The van der Waals surface area contributed by atoms with E-state index in [0.29, 0.717) is 0 Å². The maximum absolute atomic E-state index is 5.44. The Morgan fingerprint density at radius 2 is 1.88 bits per heavy atom. The van der Waals surface area contributed by atoms with Crippen molar-refractivity contribution in [1.29, 1.82) is 0 Å². The van der Waals surface area contributed by atoms with Crippen LogP contribution in [0.25, 0.3) is 16.7 Å². The molecule has 0 fully saturated rings. The van der Waals surface area contributed by atoms with Crippen LogP contribution in [0.3, 0.4) is 0 Å². The normalized spacial score (nSPS) is 10.9. The van der Waals surface area contributed by atoms with Gasteiger partial charge in [-0.15, -0.1) is 0 Å². The van der Waals surface area contributed by atoms with E-state index in [9.17, 15) is 0 Å². The Morgan fingerprint density at radius 1 is 1.04 bits per heavy atom. The first-order valence-electron chi connectivity index (χ1n) is 8.33. The van der Waals surface area contributed by atoms with Crippen LogP contribution in [0.15, 0.2) is 55.1 Å². The van der Waals surface area contributed by atoms with Crippen molar-refractivity contribution in [2.75, 3.05) is 12.4 Å². The second-order valence-corrected chi connectivity index (χ2v) is 6.00. The predicted octanol–water partition coefficient (Wildman–Crippen LogP) is 4.18. The van der Waals surface area contributed by atoms with E-state index in [1.807, 2.05) is 42.6 Å². The van der Waals surface area contributed by atoms with Gasteiger partial charge < -0.3 is 10.1 Å². The van der Waals surface area contributed by atoms with E-state index in [2.05, 4.69) is 38.7 Å². The van der Waals surface area contributed by atoms with Gasteiger partial charge in [-0.05, 0) is 43.7 Å². The summed E-state index contributed by atoms with van der Waals surface area (Å²) in [4.78, 5) is 13.3. The molecule has 0 aliphatic rings. The molecule has 0 amide bonds. The van der Waals surface area contributed by atoms with Gasteiger partial charge in [-0.1, -0.05) is 12.1 Å². The standard InChI is InChI=1S/C20H19N5O/c1-13-14(2)25(15-7-6-10-21-11-15)20-18(13)19(22-12-23-20)24-16-8-4-5-9-17(16)26-3/h4-12H,1-3H3,(H,22,23,24). The minimum Gasteiger partial charge on any atom is -0.495 e. The molecule has 4 aromatic rings. The number of rotatable bonds is 4. The minimum absolute atomic E-state index is 0.753. The van der Waals surface area contributed by atoms with E-state index >= 15 is 0 Å². The molecule has 0 atom stereocenters. The molecule has 6 nitrogen and oxygen atoms in total. The third-order valence-corrected chi connectivity index (χ3v) is 4.56. The second kappa shape index (κ2) is 6.48. The van der Waals surface area contributed by atoms with Crippen LogP contribution in [0.4, 0.5) is 11.5 Å².